The first-order valence-corrected chi connectivity index (χ1v) is 8.60. The molecule has 0 bridgehead atoms. The first-order chi connectivity index (χ1) is 11.0. The van der Waals surface area contributed by atoms with Gasteiger partial charge in [-0.1, -0.05) is 12.1 Å². The van der Waals surface area contributed by atoms with Crippen LogP contribution in [0, 0.1) is 0 Å². The Balaban J connectivity index is 2.44. The Hall–Kier alpha value is -2.03. The second kappa shape index (κ2) is 7.49. The Morgan fingerprint density at radius 1 is 1.22 bits per heavy atom. The molecule has 0 aliphatic rings. The number of nitrogens with zero attached hydrogens (tertiary/aromatic N) is 1. The van der Waals surface area contributed by atoms with Crippen molar-refractivity contribution in [2.45, 2.75) is 11.3 Å². The lowest BCUT2D eigenvalue weighted by Crippen LogP contribution is -2.27. The summed E-state index contributed by atoms with van der Waals surface area (Å²) in [6, 6.07) is 6.31. The molecule has 0 spiro atoms. The zero-order valence-electron chi connectivity index (χ0n) is 13.0. The van der Waals surface area contributed by atoms with E-state index in [1.165, 1.54) is 19.4 Å². The van der Waals surface area contributed by atoms with E-state index in [4.69, 9.17) is 0 Å². The van der Waals surface area contributed by atoms with Crippen LogP contribution in [0.2, 0.25) is 0 Å². The fourth-order valence-corrected chi connectivity index (χ4v) is 3.52. The molecule has 2 aromatic rings. The molecule has 0 atom stereocenters. The van der Waals surface area contributed by atoms with Crippen molar-refractivity contribution in [2.75, 3.05) is 27.2 Å². The molecule has 0 saturated carbocycles. The van der Waals surface area contributed by atoms with E-state index in [9.17, 15) is 13.2 Å². The molecule has 1 aromatic heterocycles. The van der Waals surface area contributed by atoms with E-state index in [-0.39, 0.29) is 10.6 Å². The molecule has 1 heterocycles. The second-order valence-electron chi connectivity index (χ2n) is 4.86. The molecule has 0 fully saturated rings. The molecule has 0 unspecified atom stereocenters. The van der Waals surface area contributed by atoms with Crippen molar-refractivity contribution in [1.82, 2.24) is 15.0 Å². The minimum absolute atomic E-state index is 0.0947. The van der Waals surface area contributed by atoms with E-state index >= 15 is 0 Å². The Bertz CT molecular complexity index is 805. The normalized spacial score (nSPS) is 11.6. The van der Waals surface area contributed by atoms with E-state index < -0.39 is 16.0 Å². The number of carbonyl (C=O) groups is 1. The molecule has 2 N–H and O–H groups in total. The highest BCUT2D eigenvalue weighted by Gasteiger charge is 2.20. The molecule has 0 amide bonds. The predicted molar refractivity (Wildman–Crippen MR) is 86.8 cm³/mol. The standard InChI is InChI=1S/C15H19N3O4S/c1-16-8-4-9-18-23(20,21)13-6-3-5-12-11(13)7-10-17-14(12)15(19)22-2/h3,5-7,10,16,18H,4,8-9H2,1-2H3. The molecule has 0 aliphatic heterocycles. The number of pyridine rings is 1. The Labute approximate surface area is 135 Å². The monoisotopic (exact) mass is 337 g/mol. The summed E-state index contributed by atoms with van der Waals surface area (Å²) < 4.78 is 32.2. The van der Waals surface area contributed by atoms with Gasteiger partial charge in [0.2, 0.25) is 10.0 Å². The van der Waals surface area contributed by atoms with Gasteiger partial charge in [0.15, 0.2) is 5.69 Å². The molecular formula is C15H19N3O4S. The molecule has 2 rings (SSSR count). The Kier molecular flexibility index (Phi) is 5.64. The summed E-state index contributed by atoms with van der Waals surface area (Å²) in [7, 11) is -0.611. The van der Waals surface area contributed by atoms with Crippen molar-refractivity contribution in [1.29, 1.82) is 0 Å². The largest absolute Gasteiger partial charge is 0.464 e. The van der Waals surface area contributed by atoms with Crippen molar-refractivity contribution in [3.8, 4) is 0 Å². The zero-order chi connectivity index (χ0) is 16.9. The van der Waals surface area contributed by atoms with Gasteiger partial charge >= 0.3 is 5.97 Å². The van der Waals surface area contributed by atoms with Crippen LogP contribution in [-0.4, -0.2) is 46.6 Å². The van der Waals surface area contributed by atoms with Gasteiger partial charge in [-0.05, 0) is 32.1 Å². The predicted octanol–water partition coefficient (Wildman–Crippen LogP) is 0.909. The lowest BCUT2D eigenvalue weighted by Gasteiger charge is -2.11. The van der Waals surface area contributed by atoms with Crippen LogP contribution in [0.15, 0.2) is 35.4 Å². The molecule has 23 heavy (non-hydrogen) atoms. The Morgan fingerprint density at radius 3 is 2.70 bits per heavy atom. The highest BCUT2D eigenvalue weighted by atomic mass is 32.2. The number of rotatable bonds is 7. The van der Waals surface area contributed by atoms with E-state index in [0.29, 0.717) is 30.3 Å². The van der Waals surface area contributed by atoms with E-state index in [1.807, 2.05) is 0 Å². The number of aromatic nitrogens is 1. The van der Waals surface area contributed by atoms with Crippen LogP contribution in [0.4, 0.5) is 0 Å². The molecule has 7 nitrogen and oxygen atoms in total. The Morgan fingerprint density at radius 2 is 2.00 bits per heavy atom. The van der Waals surface area contributed by atoms with Crippen molar-refractivity contribution in [3.63, 3.8) is 0 Å². The smallest absolute Gasteiger partial charge is 0.357 e. The molecule has 8 heteroatoms. The number of sulfonamides is 1. The van der Waals surface area contributed by atoms with Gasteiger partial charge in [0, 0.05) is 23.5 Å². The molecular weight excluding hydrogens is 318 g/mol. The van der Waals surface area contributed by atoms with Crippen molar-refractivity contribution >= 4 is 26.8 Å². The third kappa shape index (κ3) is 3.84. The molecule has 0 saturated heterocycles. The first-order valence-electron chi connectivity index (χ1n) is 7.11. The quantitative estimate of drug-likeness (QED) is 0.576. The first kappa shape index (κ1) is 17.3. The fourth-order valence-electron chi connectivity index (χ4n) is 2.22. The van der Waals surface area contributed by atoms with Gasteiger partial charge in [0.25, 0.3) is 0 Å². The van der Waals surface area contributed by atoms with Crippen LogP contribution in [0.1, 0.15) is 16.9 Å². The summed E-state index contributed by atoms with van der Waals surface area (Å²) in [5, 5.41) is 3.83. The topological polar surface area (TPSA) is 97.4 Å². The van der Waals surface area contributed by atoms with Gasteiger partial charge in [-0.25, -0.2) is 22.9 Å². The summed E-state index contributed by atoms with van der Waals surface area (Å²) in [5.41, 5.74) is 0.0947. The van der Waals surface area contributed by atoms with Gasteiger partial charge in [-0.2, -0.15) is 0 Å². The maximum atomic E-state index is 12.5. The van der Waals surface area contributed by atoms with Crippen molar-refractivity contribution in [3.05, 3.63) is 36.2 Å². The summed E-state index contributed by atoms with van der Waals surface area (Å²) >= 11 is 0. The molecule has 0 radical (unpaired) electrons. The van der Waals surface area contributed by atoms with Gasteiger partial charge < -0.3 is 10.1 Å². The second-order valence-corrected chi connectivity index (χ2v) is 6.59. The van der Waals surface area contributed by atoms with Gasteiger partial charge in [0.05, 0.1) is 12.0 Å². The number of benzene rings is 1. The van der Waals surface area contributed by atoms with Crippen molar-refractivity contribution in [2.24, 2.45) is 0 Å². The van der Waals surface area contributed by atoms with E-state index in [2.05, 4.69) is 19.8 Å². The fraction of sp³-hybridized carbons (Fsp3) is 0.333. The lowest BCUT2D eigenvalue weighted by atomic mass is 10.1. The maximum Gasteiger partial charge on any atom is 0.357 e. The number of nitrogens with one attached hydrogen (secondary N) is 2. The van der Waals surface area contributed by atoms with E-state index in [0.717, 1.165) is 0 Å². The van der Waals surface area contributed by atoms with Gasteiger partial charge in [-0.3, -0.25) is 0 Å². The average molecular weight is 337 g/mol. The van der Waals surface area contributed by atoms with Crippen LogP contribution in [0.5, 0.6) is 0 Å². The number of ether oxygens (including phenoxy) is 1. The lowest BCUT2D eigenvalue weighted by molar-refractivity contribution is 0.0596. The summed E-state index contributed by atoms with van der Waals surface area (Å²) in [6.07, 6.45) is 2.07. The number of hydrogen-bond acceptors (Lipinski definition) is 6. The number of carbonyl (C=O) groups excluding carboxylic acids is 1. The van der Waals surface area contributed by atoms with Gasteiger partial charge in [-0.15, -0.1) is 0 Å². The third-order valence-corrected chi connectivity index (χ3v) is 4.85. The summed E-state index contributed by atoms with van der Waals surface area (Å²) in [4.78, 5) is 15.9. The molecule has 124 valence electrons. The molecule has 1 aromatic carbocycles. The number of methoxy groups -OCH3 is 1. The van der Waals surface area contributed by atoms with Gasteiger partial charge in [0.1, 0.15) is 0 Å². The highest BCUT2D eigenvalue weighted by molar-refractivity contribution is 7.89. The van der Waals surface area contributed by atoms with Crippen LogP contribution < -0.4 is 10.0 Å². The number of esters is 1. The number of fused-ring (bicyclic) bond motifs is 1. The van der Waals surface area contributed by atoms with Crippen LogP contribution in [-0.2, 0) is 14.8 Å². The summed E-state index contributed by atoms with van der Waals surface area (Å²) in [5.74, 6) is -0.605. The van der Waals surface area contributed by atoms with Crippen LogP contribution >= 0.6 is 0 Å². The molecule has 0 aliphatic carbocycles. The van der Waals surface area contributed by atoms with Crippen LogP contribution in [0.25, 0.3) is 10.8 Å². The zero-order valence-corrected chi connectivity index (χ0v) is 13.8. The van der Waals surface area contributed by atoms with E-state index in [1.54, 1.807) is 25.2 Å². The third-order valence-electron chi connectivity index (χ3n) is 3.33. The SMILES string of the molecule is CNCCCNS(=O)(=O)c1cccc2c(C(=O)OC)nccc12. The summed E-state index contributed by atoms with van der Waals surface area (Å²) in [6.45, 7) is 1.04. The minimum Gasteiger partial charge on any atom is -0.464 e. The highest BCUT2D eigenvalue weighted by Crippen LogP contribution is 2.24. The van der Waals surface area contributed by atoms with Crippen LogP contribution in [0.3, 0.4) is 0 Å². The maximum absolute atomic E-state index is 12.5. The number of hydrogen-bond donors (Lipinski definition) is 2. The van der Waals surface area contributed by atoms with Crippen molar-refractivity contribution < 1.29 is 17.9 Å². The average Bonchev–Trinajstić information content (AvgIpc) is 2.57. The minimum atomic E-state index is -3.67.